The fourth-order valence-corrected chi connectivity index (χ4v) is 12.5. The fraction of sp³-hybridized carbons (Fsp3) is 0.902. The molecule has 19 heteroatoms. The third-order valence-corrected chi connectivity index (χ3v) is 15.6. The van der Waals surface area contributed by atoms with E-state index in [4.69, 9.17) is 28.4 Å². The normalized spacial score (nSPS) is 51.7. The number of rotatable bonds is 12. The molecule has 19 nitrogen and oxygen atoms in total. The summed E-state index contributed by atoms with van der Waals surface area (Å²) in [6.07, 6.45) is -19.1. The molecule has 4 saturated carbocycles. The second-order valence-corrected chi connectivity index (χ2v) is 19.1. The van der Waals surface area contributed by atoms with Crippen LogP contribution in [0.2, 0.25) is 0 Å². The number of carbonyl (C=O) groups is 2. The van der Waals surface area contributed by atoms with E-state index < -0.39 is 123 Å². The number of nitrogens with one attached hydrogen (secondary N) is 1. The van der Waals surface area contributed by atoms with Crippen LogP contribution >= 0.6 is 0 Å². The molecule has 11 N–H and O–H groups in total. The van der Waals surface area contributed by atoms with Crippen molar-refractivity contribution in [2.45, 2.75) is 176 Å². The minimum atomic E-state index is -1.92. The van der Waals surface area contributed by atoms with E-state index in [1.54, 1.807) is 0 Å². The minimum Gasteiger partial charge on any atom is -0.394 e. The quantitative estimate of drug-likeness (QED) is 0.0700. The summed E-state index contributed by atoms with van der Waals surface area (Å²) >= 11 is 0. The Balaban J connectivity index is 1.19. The number of hydrogen-bond acceptors (Lipinski definition) is 18. The van der Waals surface area contributed by atoms with Crippen LogP contribution in [0.4, 0.5) is 0 Å². The first-order valence-corrected chi connectivity index (χ1v) is 21.3. The van der Waals surface area contributed by atoms with Gasteiger partial charge in [-0.2, -0.15) is 0 Å². The SMILES string of the molecule is C=C1C[C@@]23CC[C@H]4[C@@](C)(CCC[C@@]4(C)C(=O)NCC(C)=O)[C@@H]2CC[C@]1(O[C@@H]1O[C@H](CO)[C@@H](O)[C@H](O[C@@H]2O[C@H](CO)[C@@H](O)[C@H](O)[C@H]2O)[C@H]1O[C@@H]1O[C@H](CO)[C@@H](O)[C@H](O)[C@H]1O)C3. The van der Waals surface area contributed by atoms with Crippen LogP contribution in [-0.4, -0.2) is 187 Å². The van der Waals surface area contributed by atoms with E-state index in [-0.39, 0.29) is 40.9 Å². The minimum absolute atomic E-state index is 0.0161. The Morgan fingerprint density at radius 2 is 1.23 bits per heavy atom. The molecule has 7 rings (SSSR count). The molecule has 3 saturated heterocycles. The molecule has 4 aliphatic carbocycles. The third-order valence-electron chi connectivity index (χ3n) is 15.6. The molecule has 1 spiro atoms. The largest absolute Gasteiger partial charge is 0.394 e. The molecule has 0 radical (unpaired) electrons. The average Bonchev–Trinajstić information content (AvgIpc) is 3.41. The maximum absolute atomic E-state index is 13.7. The Labute approximate surface area is 348 Å². The van der Waals surface area contributed by atoms with Gasteiger partial charge >= 0.3 is 0 Å². The van der Waals surface area contributed by atoms with Gasteiger partial charge in [-0.05, 0) is 86.5 Å². The number of Topliss-reactive ketones (excluding diaryl/α,β-unsaturated/α-hetero) is 1. The number of ether oxygens (including phenoxy) is 6. The lowest BCUT2D eigenvalue weighted by Crippen LogP contribution is -2.68. The zero-order valence-electron chi connectivity index (χ0n) is 34.5. The first kappa shape index (κ1) is 46.2. The molecule has 3 aliphatic heterocycles. The highest BCUT2D eigenvalue weighted by molar-refractivity contribution is 5.88. The molecule has 0 aromatic carbocycles. The van der Waals surface area contributed by atoms with Crippen molar-refractivity contribution in [2.24, 2.45) is 28.1 Å². The molecular formula is C41H65NO18. The highest BCUT2D eigenvalue weighted by Crippen LogP contribution is 2.73. The van der Waals surface area contributed by atoms with Crippen LogP contribution in [0.5, 0.6) is 0 Å². The Kier molecular flexibility index (Phi) is 13.3. The summed E-state index contributed by atoms with van der Waals surface area (Å²) in [4.78, 5) is 25.5. The molecule has 0 aromatic rings. The van der Waals surface area contributed by atoms with Gasteiger partial charge in [0.2, 0.25) is 5.91 Å². The first-order chi connectivity index (χ1) is 28.3. The zero-order valence-corrected chi connectivity index (χ0v) is 34.5. The molecule has 7 fully saturated rings. The van der Waals surface area contributed by atoms with Gasteiger partial charge in [-0.15, -0.1) is 0 Å². The van der Waals surface area contributed by atoms with Gasteiger partial charge in [0.15, 0.2) is 18.9 Å². The van der Waals surface area contributed by atoms with E-state index in [0.29, 0.717) is 25.7 Å². The van der Waals surface area contributed by atoms with Crippen LogP contribution in [-0.2, 0) is 38.0 Å². The Morgan fingerprint density at radius 3 is 1.80 bits per heavy atom. The van der Waals surface area contributed by atoms with Crippen LogP contribution in [0.15, 0.2) is 12.2 Å². The summed E-state index contributed by atoms with van der Waals surface area (Å²) in [5.74, 6) is 0.0295. The number of amides is 1. The predicted molar refractivity (Wildman–Crippen MR) is 203 cm³/mol. The molecule has 0 aromatic heterocycles. The lowest BCUT2D eigenvalue weighted by atomic mass is 9.40. The van der Waals surface area contributed by atoms with Crippen LogP contribution in [0.1, 0.15) is 78.6 Å². The topological polar surface area (TPSA) is 304 Å². The van der Waals surface area contributed by atoms with Crippen molar-refractivity contribution in [1.82, 2.24) is 5.32 Å². The van der Waals surface area contributed by atoms with E-state index in [9.17, 15) is 60.7 Å². The molecule has 3 heterocycles. The monoisotopic (exact) mass is 859 g/mol. The van der Waals surface area contributed by atoms with Crippen LogP contribution < -0.4 is 5.32 Å². The van der Waals surface area contributed by atoms with Gasteiger partial charge in [0.1, 0.15) is 79.0 Å². The summed E-state index contributed by atoms with van der Waals surface area (Å²) in [5, 5.41) is 109. The van der Waals surface area contributed by atoms with Crippen molar-refractivity contribution in [3.05, 3.63) is 12.2 Å². The van der Waals surface area contributed by atoms with Crippen molar-refractivity contribution in [3.63, 3.8) is 0 Å². The second kappa shape index (κ2) is 17.3. The van der Waals surface area contributed by atoms with Crippen LogP contribution in [0.3, 0.4) is 0 Å². The Morgan fingerprint density at radius 1 is 0.700 bits per heavy atom. The molecule has 0 unspecified atom stereocenters. The van der Waals surface area contributed by atoms with Crippen LogP contribution in [0.25, 0.3) is 0 Å². The maximum atomic E-state index is 13.7. The number of aliphatic hydroxyl groups excluding tert-OH is 10. The standard InChI is InChI=1S/C41H65NO18/c1-18-12-40-10-6-23-38(3,8-5-9-39(23,4)37(54)42-13-19(2)46)24(40)7-11-41(18,17-40)60-36-33(59-35-31(53)29(51)26(48)21(15-44)56-35)32(27(49)22(16-45)57-36)58-34-30(52)28(50)25(47)20(14-43)55-34/h20-36,43-45,47-53H,1,5-17H2,2-4H3,(H,42,54)/t20-,21-,22-,23+,24+,25-,26-,27-,28+,29+,30-,31-,32+,33-,34+,35+,36+,38-,39-,40-,41+/m1/s1. The van der Waals surface area contributed by atoms with Crippen molar-refractivity contribution >= 4 is 11.7 Å². The fourth-order valence-electron chi connectivity index (χ4n) is 12.5. The molecule has 1 amide bonds. The molecule has 21 atom stereocenters. The lowest BCUT2D eigenvalue weighted by Gasteiger charge is -2.64. The molecule has 7 aliphatic rings. The average molecular weight is 860 g/mol. The molecule has 2 bridgehead atoms. The lowest BCUT2D eigenvalue weighted by molar-refractivity contribution is -0.400. The van der Waals surface area contributed by atoms with Gasteiger partial charge < -0.3 is 84.8 Å². The summed E-state index contributed by atoms with van der Waals surface area (Å²) in [6, 6.07) is 0. The van der Waals surface area contributed by atoms with Crippen molar-refractivity contribution in [3.8, 4) is 0 Å². The second-order valence-electron chi connectivity index (χ2n) is 19.1. The van der Waals surface area contributed by atoms with Crippen molar-refractivity contribution < 1.29 is 89.1 Å². The number of ketones is 1. The summed E-state index contributed by atoms with van der Waals surface area (Å²) in [7, 11) is 0. The first-order valence-electron chi connectivity index (χ1n) is 21.3. The Hall–Kier alpha value is -1.76. The van der Waals surface area contributed by atoms with E-state index in [1.807, 2.05) is 6.92 Å². The third kappa shape index (κ3) is 7.71. The maximum Gasteiger partial charge on any atom is 0.226 e. The summed E-state index contributed by atoms with van der Waals surface area (Å²) < 4.78 is 36.9. The van der Waals surface area contributed by atoms with Gasteiger partial charge in [0, 0.05) is 5.41 Å². The van der Waals surface area contributed by atoms with Crippen molar-refractivity contribution in [2.75, 3.05) is 26.4 Å². The predicted octanol–water partition coefficient (Wildman–Crippen LogP) is -2.75. The van der Waals surface area contributed by atoms with Crippen LogP contribution in [0, 0.1) is 28.1 Å². The molecular weight excluding hydrogens is 794 g/mol. The van der Waals surface area contributed by atoms with Gasteiger partial charge in [0.25, 0.3) is 0 Å². The number of aliphatic hydroxyl groups is 10. The van der Waals surface area contributed by atoms with E-state index in [0.717, 1.165) is 37.7 Å². The smallest absolute Gasteiger partial charge is 0.226 e. The van der Waals surface area contributed by atoms with Gasteiger partial charge in [-0.1, -0.05) is 26.8 Å². The highest BCUT2D eigenvalue weighted by atomic mass is 16.8. The molecule has 342 valence electrons. The Bertz CT molecular complexity index is 1590. The van der Waals surface area contributed by atoms with Crippen molar-refractivity contribution in [1.29, 1.82) is 0 Å². The molecule has 60 heavy (non-hydrogen) atoms. The van der Waals surface area contributed by atoms with Gasteiger partial charge in [0.05, 0.1) is 32.0 Å². The van der Waals surface area contributed by atoms with Gasteiger partial charge in [-0.3, -0.25) is 9.59 Å². The zero-order chi connectivity index (χ0) is 43.7. The number of carbonyl (C=O) groups excluding carboxylic acids is 2. The highest BCUT2D eigenvalue weighted by Gasteiger charge is 2.69. The summed E-state index contributed by atoms with van der Waals surface area (Å²) in [5.41, 5.74) is -1.43. The van der Waals surface area contributed by atoms with E-state index >= 15 is 0 Å². The van der Waals surface area contributed by atoms with E-state index in [1.165, 1.54) is 6.92 Å². The number of fused-ring (bicyclic) bond motifs is 3. The number of hydrogen-bond donors (Lipinski definition) is 11. The van der Waals surface area contributed by atoms with E-state index in [2.05, 4.69) is 18.8 Å². The summed E-state index contributed by atoms with van der Waals surface area (Å²) in [6.45, 7) is 7.94. The van der Waals surface area contributed by atoms with Gasteiger partial charge in [-0.25, -0.2) is 0 Å².